The number of hydrogen-bond donors (Lipinski definition) is 1. The second-order valence-electron chi connectivity index (χ2n) is 5.32. The number of carbonyl (C=O) groups is 1. The highest BCUT2D eigenvalue weighted by atomic mass is 16.2. The number of nitrogens with zero attached hydrogens (tertiary/aromatic N) is 1. The van der Waals surface area contributed by atoms with E-state index < -0.39 is 6.04 Å². The largest absolute Gasteiger partial charge is 0.335 e. The summed E-state index contributed by atoms with van der Waals surface area (Å²) >= 11 is 0. The van der Waals surface area contributed by atoms with E-state index in [9.17, 15) is 4.79 Å². The molecular formula is C15H24N2O. The van der Waals surface area contributed by atoms with Crippen LogP contribution >= 0.6 is 0 Å². The van der Waals surface area contributed by atoms with Crippen molar-refractivity contribution >= 4 is 5.91 Å². The first-order chi connectivity index (χ1) is 8.43. The lowest BCUT2D eigenvalue weighted by Gasteiger charge is -2.30. The summed E-state index contributed by atoms with van der Waals surface area (Å²) in [6, 6.07) is 9.75. The summed E-state index contributed by atoms with van der Waals surface area (Å²) in [5.41, 5.74) is 7.10. The maximum absolute atomic E-state index is 12.3. The standard InChI is InChI=1S/C15H24N2O/c1-11(2)14(16)15(18)17(12(3)4)10-13-8-6-5-7-9-13/h5-9,11-12,14H,10,16H2,1-4H3/t14-/m0/s1. The Morgan fingerprint density at radius 1 is 1.17 bits per heavy atom. The summed E-state index contributed by atoms with van der Waals surface area (Å²) in [5.74, 6) is 0.193. The van der Waals surface area contributed by atoms with Gasteiger partial charge in [-0.05, 0) is 25.3 Å². The molecule has 3 nitrogen and oxygen atoms in total. The van der Waals surface area contributed by atoms with Gasteiger partial charge in [0.2, 0.25) is 5.91 Å². The summed E-state index contributed by atoms with van der Waals surface area (Å²) < 4.78 is 0. The van der Waals surface area contributed by atoms with Gasteiger partial charge in [-0.3, -0.25) is 4.79 Å². The van der Waals surface area contributed by atoms with Crippen molar-refractivity contribution < 1.29 is 4.79 Å². The second-order valence-corrected chi connectivity index (χ2v) is 5.32. The quantitative estimate of drug-likeness (QED) is 0.869. The molecule has 0 bridgehead atoms. The van der Waals surface area contributed by atoms with Gasteiger partial charge in [-0.25, -0.2) is 0 Å². The number of carbonyl (C=O) groups excluding carboxylic acids is 1. The first-order valence-corrected chi connectivity index (χ1v) is 6.53. The molecule has 0 radical (unpaired) electrons. The highest BCUT2D eigenvalue weighted by Gasteiger charge is 2.25. The van der Waals surface area contributed by atoms with Crippen LogP contribution < -0.4 is 5.73 Å². The fraction of sp³-hybridized carbons (Fsp3) is 0.533. The zero-order chi connectivity index (χ0) is 13.7. The Labute approximate surface area is 110 Å². The normalized spacial score (nSPS) is 12.8. The van der Waals surface area contributed by atoms with Crippen molar-refractivity contribution in [3.05, 3.63) is 35.9 Å². The van der Waals surface area contributed by atoms with Gasteiger partial charge >= 0.3 is 0 Å². The fourth-order valence-corrected chi connectivity index (χ4v) is 1.77. The van der Waals surface area contributed by atoms with Crippen LogP contribution in [0.3, 0.4) is 0 Å². The van der Waals surface area contributed by atoms with Gasteiger partial charge in [-0.2, -0.15) is 0 Å². The van der Waals surface area contributed by atoms with E-state index in [0.29, 0.717) is 6.54 Å². The van der Waals surface area contributed by atoms with Crippen molar-refractivity contribution in [2.75, 3.05) is 0 Å². The zero-order valence-electron chi connectivity index (χ0n) is 11.8. The maximum Gasteiger partial charge on any atom is 0.240 e. The van der Waals surface area contributed by atoms with Crippen LogP contribution in [-0.4, -0.2) is 22.9 Å². The Morgan fingerprint density at radius 2 is 1.72 bits per heavy atom. The molecule has 100 valence electrons. The molecule has 1 rings (SSSR count). The van der Waals surface area contributed by atoms with Gasteiger partial charge in [-0.15, -0.1) is 0 Å². The van der Waals surface area contributed by atoms with Crippen LogP contribution in [0.25, 0.3) is 0 Å². The molecule has 0 saturated heterocycles. The average Bonchev–Trinajstić information content (AvgIpc) is 2.35. The lowest BCUT2D eigenvalue weighted by atomic mass is 10.0. The van der Waals surface area contributed by atoms with Crippen LogP contribution in [0.1, 0.15) is 33.3 Å². The topological polar surface area (TPSA) is 46.3 Å². The van der Waals surface area contributed by atoms with Gasteiger partial charge in [0.05, 0.1) is 6.04 Å². The summed E-state index contributed by atoms with van der Waals surface area (Å²) in [6.07, 6.45) is 0. The molecule has 0 aliphatic heterocycles. The van der Waals surface area contributed by atoms with Crippen molar-refractivity contribution in [3.63, 3.8) is 0 Å². The molecule has 0 aromatic heterocycles. The third-order valence-corrected chi connectivity index (χ3v) is 3.11. The lowest BCUT2D eigenvalue weighted by Crippen LogP contribution is -2.48. The molecule has 3 heteroatoms. The second kappa shape index (κ2) is 6.55. The Bertz CT molecular complexity index is 373. The van der Waals surface area contributed by atoms with Crippen LogP contribution in [0, 0.1) is 5.92 Å². The van der Waals surface area contributed by atoms with E-state index in [1.807, 2.05) is 62.9 Å². The number of amides is 1. The van der Waals surface area contributed by atoms with Crippen LogP contribution in [0.2, 0.25) is 0 Å². The van der Waals surface area contributed by atoms with E-state index in [-0.39, 0.29) is 17.9 Å². The van der Waals surface area contributed by atoms with Crippen LogP contribution in [0.5, 0.6) is 0 Å². The van der Waals surface area contributed by atoms with Crippen molar-refractivity contribution in [1.29, 1.82) is 0 Å². The van der Waals surface area contributed by atoms with Gasteiger partial charge in [0.1, 0.15) is 0 Å². The minimum absolute atomic E-state index is 0.0313. The molecule has 1 atom stereocenters. The molecule has 0 heterocycles. The lowest BCUT2D eigenvalue weighted by molar-refractivity contribution is -0.136. The fourth-order valence-electron chi connectivity index (χ4n) is 1.77. The van der Waals surface area contributed by atoms with Gasteiger partial charge in [0, 0.05) is 12.6 Å². The Balaban J connectivity index is 2.81. The van der Waals surface area contributed by atoms with E-state index >= 15 is 0 Å². The summed E-state index contributed by atoms with van der Waals surface area (Å²) in [7, 11) is 0. The van der Waals surface area contributed by atoms with Crippen molar-refractivity contribution in [2.24, 2.45) is 11.7 Å². The molecule has 1 aromatic carbocycles. The van der Waals surface area contributed by atoms with Crippen LogP contribution in [0.4, 0.5) is 0 Å². The zero-order valence-corrected chi connectivity index (χ0v) is 11.8. The summed E-state index contributed by atoms with van der Waals surface area (Å²) in [5, 5.41) is 0. The average molecular weight is 248 g/mol. The van der Waals surface area contributed by atoms with Gasteiger partial charge in [0.25, 0.3) is 0 Å². The van der Waals surface area contributed by atoms with E-state index in [1.165, 1.54) is 0 Å². The first kappa shape index (κ1) is 14.7. The summed E-state index contributed by atoms with van der Waals surface area (Å²) in [4.78, 5) is 14.2. The monoisotopic (exact) mass is 248 g/mol. The highest BCUT2D eigenvalue weighted by Crippen LogP contribution is 2.12. The van der Waals surface area contributed by atoms with Crippen molar-refractivity contribution in [2.45, 2.75) is 46.3 Å². The van der Waals surface area contributed by atoms with E-state index in [0.717, 1.165) is 5.56 Å². The highest BCUT2D eigenvalue weighted by molar-refractivity contribution is 5.82. The number of rotatable bonds is 5. The molecule has 0 unspecified atom stereocenters. The molecule has 0 aliphatic carbocycles. The molecule has 1 amide bonds. The molecular weight excluding hydrogens is 224 g/mol. The van der Waals surface area contributed by atoms with Gasteiger partial charge in [-0.1, -0.05) is 44.2 Å². The Morgan fingerprint density at radius 3 is 2.17 bits per heavy atom. The number of hydrogen-bond acceptors (Lipinski definition) is 2. The predicted molar refractivity (Wildman–Crippen MR) is 74.9 cm³/mol. The Hall–Kier alpha value is -1.35. The molecule has 0 aliphatic rings. The first-order valence-electron chi connectivity index (χ1n) is 6.53. The Kier molecular flexibility index (Phi) is 5.35. The SMILES string of the molecule is CC(C)[C@H](N)C(=O)N(Cc1ccccc1)C(C)C. The van der Waals surface area contributed by atoms with Crippen LogP contribution in [0.15, 0.2) is 30.3 Å². The molecule has 1 aromatic rings. The third kappa shape index (κ3) is 3.84. The van der Waals surface area contributed by atoms with Gasteiger partial charge in [0.15, 0.2) is 0 Å². The van der Waals surface area contributed by atoms with E-state index in [1.54, 1.807) is 0 Å². The third-order valence-electron chi connectivity index (χ3n) is 3.11. The van der Waals surface area contributed by atoms with Crippen molar-refractivity contribution in [1.82, 2.24) is 4.90 Å². The van der Waals surface area contributed by atoms with Gasteiger partial charge < -0.3 is 10.6 Å². The minimum Gasteiger partial charge on any atom is -0.335 e. The van der Waals surface area contributed by atoms with Crippen LogP contribution in [-0.2, 0) is 11.3 Å². The number of benzene rings is 1. The smallest absolute Gasteiger partial charge is 0.240 e. The van der Waals surface area contributed by atoms with E-state index in [4.69, 9.17) is 5.73 Å². The predicted octanol–water partition coefficient (Wildman–Crippen LogP) is 2.41. The summed E-state index contributed by atoms with van der Waals surface area (Å²) in [6.45, 7) is 8.62. The number of nitrogens with two attached hydrogens (primary N) is 1. The molecule has 0 saturated carbocycles. The molecule has 2 N–H and O–H groups in total. The molecule has 0 spiro atoms. The molecule has 18 heavy (non-hydrogen) atoms. The maximum atomic E-state index is 12.3. The molecule has 0 fully saturated rings. The van der Waals surface area contributed by atoms with Crippen molar-refractivity contribution in [3.8, 4) is 0 Å². The minimum atomic E-state index is -0.420. The van der Waals surface area contributed by atoms with E-state index in [2.05, 4.69) is 0 Å².